The van der Waals surface area contributed by atoms with Crippen LogP contribution < -0.4 is 16.0 Å². The molecule has 2 aromatic carbocycles. The van der Waals surface area contributed by atoms with Crippen LogP contribution in [0.1, 0.15) is 11.1 Å². The average molecular weight is 312 g/mol. The first kappa shape index (κ1) is 16.8. The van der Waals surface area contributed by atoms with Crippen molar-refractivity contribution in [3.05, 3.63) is 59.7 Å². The zero-order chi connectivity index (χ0) is 16.7. The van der Waals surface area contributed by atoms with Gasteiger partial charge in [-0.3, -0.25) is 0 Å². The standard InChI is InChI=1S/C18H24N4O/c1-22(2)16-9-6-7-14(11-16)12-20-18(19)21-17-10-5-4-8-15(17)13-23-3/h4-11H,12-13H2,1-3H3,(H3,19,20,21). The van der Waals surface area contributed by atoms with E-state index >= 15 is 0 Å². The van der Waals surface area contributed by atoms with Crippen molar-refractivity contribution >= 4 is 17.3 Å². The number of benzene rings is 2. The highest BCUT2D eigenvalue weighted by atomic mass is 16.5. The third kappa shape index (κ3) is 5.00. The highest BCUT2D eigenvalue weighted by Gasteiger charge is 2.03. The second-order valence-electron chi connectivity index (χ2n) is 5.48. The number of hydrogen-bond donors (Lipinski definition) is 2. The Hall–Kier alpha value is -2.53. The number of nitrogens with one attached hydrogen (secondary N) is 1. The topological polar surface area (TPSA) is 62.9 Å². The van der Waals surface area contributed by atoms with E-state index in [0.717, 1.165) is 22.5 Å². The minimum Gasteiger partial charge on any atom is -0.380 e. The van der Waals surface area contributed by atoms with Crippen molar-refractivity contribution in [3.63, 3.8) is 0 Å². The van der Waals surface area contributed by atoms with Crippen molar-refractivity contribution in [1.82, 2.24) is 0 Å². The Labute approximate surface area is 137 Å². The molecule has 0 atom stereocenters. The van der Waals surface area contributed by atoms with Crippen molar-refractivity contribution in [2.45, 2.75) is 13.2 Å². The Balaban J connectivity index is 2.05. The van der Waals surface area contributed by atoms with Crippen molar-refractivity contribution in [1.29, 1.82) is 0 Å². The molecule has 0 bridgehead atoms. The summed E-state index contributed by atoms with van der Waals surface area (Å²) in [5.74, 6) is 0.392. The fourth-order valence-corrected chi connectivity index (χ4v) is 2.21. The first-order valence-electron chi connectivity index (χ1n) is 7.50. The molecule has 122 valence electrons. The van der Waals surface area contributed by atoms with E-state index in [4.69, 9.17) is 10.5 Å². The van der Waals surface area contributed by atoms with Gasteiger partial charge < -0.3 is 20.7 Å². The van der Waals surface area contributed by atoms with Crippen LogP contribution >= 0.6 is 0 Å². The molecule has 2 rings (SSSR count). The van der Waals surface area contributed by atoms with Crippen molar-refractivity contribution in [2.75, 3.05) is 31.4 Å². The van der Waals surface area contributed by atoms with E-state index in [1.807, 2.05) is 50.5 Å². The van der Waals surface area contributed by atoms with Crippen LogP contribution in [-0.4, -0.2) is 27.2 Å². The lowest BCUT2D eigenvalue weighted by molar-refractivity contribution is 0.185. The lowest BCUT2D eigenvalue weighted by Crippen LogP contribution is -2.23. The van der Waals surface area contributed by atoms with Gasteiger partial charge in [0, 0.05) is 38.1 Å². The maximum atomic E-state index is 6.00. The fraction of sp³-hybridized carbons (Fsp3) is 0.278. The second kappa shape index (κ2) is 8.19. The van der Waals surface area contributed by atoms with E-state index in [0.29, 0.717) is 19.1 Å². The molecule has 0 heterocycles. The van der Waals surface area contributed by atoms with Gasteiger partial charge in [0.1, 0.15) is 0 Å². The number of rotatable bonds is 6. The highest BCUT2D eigenvalue weighted by Crippen LogP contribution is 2.16. The van der Waals surface area contributed by atoms with Gasteiger partial charge in [-0.1, -0.05) is 30.3 Å². The molecule has 0 spiro atoms. The average Bonchev–Trinajstić information content (AvgIpc) is 2.55. The van der Waals surface area contributed by atoms with Gasteiger partial charge in [0.2, 0.25) is 0 Å². The van der Waals surface area contributed by atoms with E-state index in [9.17, 15) is 0 Å². The zero-order valence-corrected chi connectivity index (χ0v) is 13.9. The van der Waals surface area contributed by atoms with Gasteiger partial charge >= 0.3 is 0 Å². The number of nitrogens with zero attached hydrogens (tertiary/aromatic N) is 2. The van der Waals surface area contributed by atoms with Crippen LogP contribution in [0.3, 0.4) is 0 Å². The summed E-state index contributed by atoms with van der Waals surface area (Å²) in [5, 5.41) is 3.14. The Morgan fingerprint density at radius 2 is 1.96 bits per heavy atom. The molecule has 5 heteroatoms. The van der Waals surface area contributed by atoms with Gasteiger partial charge in [0.25, 0.3) is 0 Å². The summed E-state index contributed by atoms with van der Waals surface area (Å²) in [6, 6.07) is 16.1. The second-order valence-corrected chi connectivity index (χ2v) is 5.48. The van der Waals surface area contributed by atoms with Crippen molar-refractivity contribution in [3.8, 4) is 0 Å². The molecule has 0 aliphatic rings. The Kier molecular flexibility index (Phi) is 6.00. The van der Waals surface area contributed by atoms with E-state index < -0.39 is 0 Å². The summed E-state index contributed by atoms with van der Waals surface area (Å²) < 4.78 is 5.19. The molecular weight excluding hydrogens is 288 g/mol. The molecule has 0 unspecified atom stereocenters. The van der Waals surface area contributed by atoms with E-state index in [-0.39, 0.29) is 0 Å². The first-order valence-corrected chi connectivity index (χ1v) is 7.50. The number of methoxy groups -OCH3 is 1. The maximum absolute atomic E-state index is 6.00. The molecule has 23 heavy (non-hydrogen) atoms. The van der Waals surface area contributed by atoms with Crippen molar-refractivity contribution in [2.24, 2.45) is 10.7 Å². The summed E-state index contributed by atoms with van der Waals surface area (Å²) in [6.45, 7) is 1.06. The van der Waals surface area contributed by atoms with Gasteiger partial charge in [-0.2, -0.15) is 0 Å². The molecule has 0 aromatic heterocycles. The van der Waals surface area contributed by atoms with Crippen LogP contribution in [0.5, 0.6) is 0 Å². The normalized spacial score (nSPS) is 11.3. The third-order valence-electron chi connectivity index (χ3n) is 3.44. The molecule has 2 aromatic rings. The lowest BCUT2D eigenvalue weighted by atomic mass is 10.2. The number of para-hydroxylation sites is 1. The SMILES string of the molecule is COCc1ccccc1NC(N)=NCc1cccc(N(C)C)c1. The smallest absolute Gasteiger partial charge is 0.193 e. The van der Waals surface area contributed by atoms with E-state index in [2.05, 4.69) is 27.3 Å². The number of guanidine groups is 1. The monoisotopic (exact) mass is 312 g/mol. The zero-order valence-electron chi connectivity index (χ0n) is 13.9. The number of ether oxygens (including phenoxy) is 1. The molecule has 0 amide bonds. The molecule has 0 aliphatic heterocycles. The minimum atomic E-state index is 0.392. The van der Waals surface area contributed by atoms with Gasteiger partial charge in [0.05, 0.1) is 13.2 Å². The van der Waals surface area contributed by atoms with Gasteiger partial charge in [-0.15, -0.1) is 0 Å². The molecule has 0 fully saturated rings. The quantitative estimate of drug-likeness (QED) is 0.636. The van der Waals surface area contributed by atoms with E-state index in [1.54, 1.807) is 7.11 Å². The van der Waals surface area contributed by atoms with Gasteiger partial charge in [0.15, 0.2) is 5.96 Å². The molecule has 0 saturated heterocycles. The highest BCUT2D eigenvalue weighted by molar-refractivity contribution is 5.92. The number of anilines is 2. The Morgan fingerprint density at radius 3 is 2.70 bits per heavy atom. The molecule has 0 saturated carbocycles. The largest absolute Gasteiger partial charge is 0.380 e. The minimum absolute atomic E-state index is 0.392. The fourth-order valence-electron chi connectivity index (χ4n) is 2.21. The molecular formula is C18H24N4O. The summed E-state index contributed by atoms with van der Waals surface area (Å²) in [4.78, 5) is 6.48. The van der Waals surface area contributed by atoms with Gasteiger partial charge in [-0.05, 0) is 23.8 Å². The van der Waals surface area contributed by atoms with Crippen LogP contribution in [0.4, 0.5) is 11.4 Å². The van der Waals surface area contributed by atoms with Crippen LogP contribution in [0.15, 0.2) is 53.5 Å². The Bertz CT molecular complexity index is 668. The molecule has 5 nitrogen and oxygen atoms in total. The number of nitrogens with two attached hydrogens (primary N) is 1. The van der Waals surface area contributed by atoms with Crippen molar-refractivity contribution < 1.29 is 4.74 Å². The number of hydrogen-bond acceptors (Lipinski definition) is 3. The van der Waals surface area contributed by atoms with Crippen LogP contribution in [0.25, 0.3) is 0 Å². The summed E-state index contributed by atoms with van der Waals surface area (Å²) in [6.07, 6.45) is 0. The Morgan fingerprint density at radius 1 is 1.17 bits per heavy atom. The van der Waals surface area contributed by atoms with E-state index in [1.165, 1.54) is 0 Å². The summed E-state index contributed by atoms with van der Waals surface area (Å²) in [5.41, 5.74) is 10.2. The van der Waals surface area contributed by atoms with Crippen LogP contribution in [0.2, 0.25) is 0 Å². The lowest BCUT2D eigenvalue weighted by Gasteiger charge is -2.13. The third-order valence-corrected chi connectivity index (χ3v) is 3.44. The molecule has 3 N–H and O–H groups in total. The predicted molar refractivity (Wildman–Crippen MR) is 96.9 cm³/mol. The predicted octanol–water partition coefficient (Wildman–Crippen LogP) is 2.83. The summed E-state index contributed by atoms with van der Waals surface area (Å²) >= 11 is 0. The van der Waals surface area contributed by atoms with Crippen LogP contribution in [-0.2, 0) is 17.9 Å². The van der Waals surface area contributed by atoms with Gasteiger partial charge in [-0.25, -0.2) is 4.99 Å². The number of aliphatic imine (C=N–C) groups is 1. The maximum Gasteiger partial charge on any atom is 0.193 e. The molecule has 0 radical (unpaired) electrons. The van der Waals surface area contributed by atoms with Crippen LogP contribution in [0, 0.1) is 0 Å². The first-order chi connectivity index (χ1) is 11.1. The summed E-state index contributed by atoms with van der Waals surface area (Å²) in [7, 11) is 5.71. The molecule has 0 aliphatic carbocycles.